The van der Waals surface area contributed by atoms with Crippen molar-refractivity contribution in [2.45, 2.75) is 20.3 Å². The minimum Gasteiger partial charge on any atom is -0.466 e. The molecule has 0 spiro atoms. The number of rotatable bonds is 7. The molecule has 0 fully saturated rings. The molecule has 0 saturated heterocycles. The summed E-state index contributed by atoms with van der Waals surface area (Å²) in [6, 6.07) is 0. The van der Waals surface area contributed by atoms with E-state index in [-0.39, 0.29) is 5.97 Å². The van der Waals surface area contributed by atoms with Crippen molar-refractivity contribution in [1.29, 1.82) is 0 Å². The standard InChI is InChI=1S/C11H17BrN4O2/c1-3-13-10-9(12)11(16-7-15-10)14-6-5-8(17)18-4-2/h7H,3-6H2,1-2H3,(H2,13,14,15,16). The van der Waals surface area contributed by atoms with Crippen LogP contribution < -0.4 is 10.6 Å². The highest BCUT2D eigenvalue weighted by Gasteiger charge is 2.08. The molecule has 0 saturated carbocycles. The first-order chi connectivity index (χ1) is 8.69. The molecule has 0 bridgehead atoms. The molecule has 100 valence electrons. The Hall–Kier alpha value is -1.37. The zero-order chi connectivity index (χ0) is 13.4. The lowest BCUT2D eigenvalue weighted by atomic mass is 10.4. The summed E-state index contributed by atoms with van der Waals surface area (Å²) in [5.41, 5.74) is 0. The molecule has 1 rings (SSSR count). The number of esters is 1. The fraction of sp³-hybridized carbons (Fsp3) is 0.545. The highest BCUT2D eigenvalue weighted by Crippen LogP contribution is 2.26. The van der Waals surface area contributed by atoms with Crippen molar-refractivity contribution in [2.75, 3.05) is 30.3 Å². The molecule has 1 heterocycles. The van der Waals surface area contributed by atoms with Gasteiger partial charge in [-0.1, -0.05) is 0 Å². The van der Waals surface area contributed by atoms with Crippen LogP contribution in [0.3, 0.4) is 0 Å². The van der Waals surface area contributed by atoms with E-state index in [2.05, 4.69) is 36.5 Å². The van der Waals surface area contributed by atoms with Crippen molar-refractivity contribution in [3.63, 3.8) is 0 Å². The SMILES string of the molecule is CCNc1ncnc(NCCC(=O)OCC)c1Br. The number of nitrogens with one attached hydrogen (secondary N) is 2. The highest BCUT2D eigenvalue weighted by molar-refractivity contribution is 9.10. The number of aromatic nitrogens is 2. The van der Waals surface area contributed by atoms with Crippen LogP contribution in [0.4, 0.5) is 11.6 Å². The van der Waals surface area contributed by atoms with Gasteiger partial charge in [0.15, 0.2) is 0 Å². The minimum atomic E-state index is -0.220. The summed E-state index contributed by atoms with van der Waals surface area (Å²) in [6.07, 6.45) is 1.77. The second kappa shape index (κ2) is 7.86. The van der Waals surface area contributed by atoms with Crippen LogP contribution in [0.25, 0.3) is 0 Å². The van der Waals surface area contributed by atoms with Crippen LogP contribution in [-0.4, -0.2) is 35.6 Å². The van der Waals surface area contributed by atoms with E-state index in [1.807, 2.05) is 6.92 Å². The van der Waals surface area contributed by atoms with E-state index in [1.54, 1.807) is 6.92 Å². The molecular formula is C11H17BrN4O2. The van der Waals surface area contributed by atoms with Gasteiger partial charge >= 0.3 is 5.97 Å². The monoisotopic (exact) mass is 316 g/mol. The van der Waals surface area contributed by atoms with E-state index in [9.17, 15) is 4.79 Å². The van der Waals surface area contributed by atoms with Crippen LogP contribution in [0.15, 0.2) is 10.8 Å². The van der Waals surface area contributed by atoms with Crippen molar-refractivity contribution in [1.82, 2.24) is 9.97 Å². The summed E-state index contributed by atoms with van der Waals surface area (Å²) < 4.78 is 5.60. The minimum absolute atomic E-state index is 0.220. The van der Waals surface area contributed by atoms with Gasteiger partial charge in [-0.3, -0.25) is 4.79 Å². The topological polar surface area (TPSA) is 76.1 Å². The molecule has 18 heavy (non-hydrogen) atoms. The molecule has 0 amide bonds. The number of hydrogen-bond donors (Lipinski definition) is 2. The quantitative estimate of drug-likeness (QED) is 0.750. The van der Waals surface area contributed by atoms with E-state index >= 15 is 0 Å². The van der Waals surface area contributed by atoms with E-state index in [0.29, 0.717) is 25.4 Å². The predicted molar refractivity (Wildman–Crippen MR) is 73.6 cm³/mol. The third-order valence-corrected chi connectivity index (χ3v) is 2.81. The summed E-state index contributed by atoms with van der Waals surface area (Å²) in [5.74, 6) is 1.17. The number of carbonyl (C=O) groups excluding carboxylic acids is 1. The van der Waals surface area contributed by atoms with E-state index in [0.717, 1.165) is 16.8 Å². The largest absolute Gasteiger partial charge is 0.466 e. The third-order valence-electron chi connectivity index (χ3n) is 2.06. The summed E-state index contributed by atoms with van der Waals surface area (Å²) in [7, 11) is 0. The van der Waals surface area contributed by atoms with Crippen molar-refractivity contribution in [3.8, 4) is 0 Å². The summed E-state index contributed by atoms with van der Waals surface area (Å²) in [5, 5.41) is 6.17. The van der Waals surface area contributed by atoms with Gasteiger partial charge in [0.25, 0.3) is 0 Å². The van der Waals surface area contributed by atoms with Gasteiger partial charge in [-0.2, -0.15) is 0 Å². The average molecular weight is 317 g/mol. The molecule has 0 aliphatic heterocycles. The smallest absolute Gasteiger partial charge is 0.307 e. The lowest BCUT2D eigenvalue weighted by Gasteiger charge is -2.10. The fourth-order valence-electron chi connectivity index (χ4n) is 1.30. The fourth-order valence-corrected chi connectivity index (χ4v) is 1.79. The molecule has 0 aromatic carbocycles. The number of carbonyl (C=O) groups is 1. The Morgan fingerprint density at radius 2 is 2.00 bits per heavy atom. The number of nitrogens with zero attached hydrogens (tertiary/aromatic N) is 2. The van der Waals surface area contributed by atoms with E-state index in [1.165, 1.54) is 6.33 Å². The predicted octanol–water partition coefficient (Wildman–Crippen LogP) is 2.04. The molecule has 2 N–H and O–H groups in total. The second-order valence-corrected chi connectivity index (χ2v) is 4.19. The van der Waals surface area contributed by atoms with Gasteiger partial charge in [-0.05, 0) is 29.8 Å². The van der Waals surface area contributed by atoms with Gasteiger partial charge in [-0.15, -0.1) is 0 Å². The first-order valence-electron chi connectivity index (χ1n) is 5.82. The van der Waals surface area contributed by atoms with Crippen LogP contribution in [-0.2, 0) is 9.53 Å². The van der Waals surface area contributed by atoms with Crippen LogP contribution in [0.1, 0.15) is 20.3 Å². The van der Waals surface area contributed by atoms with Gasteiger partial charge in [0.1, 0.15) is 22.4 Å². The zero-order valence-electron chi connectivity index (χ0n) is 10.5. The molecule has 0 radical (unpaired) electrons. The molecule has 0 aliphatic carbocycles. The lowest BCUT2D eigenvalue weighted by Crippen LogP contribution is -2.13. The number of halogens is 1. The van der Waals surface area contributed by atoms with Crippen LogP contribution in [0, 0.1) is 0 Å². The normalized spacial score (nSPS) is 9.94. The maximum absolute atomic E-state index is 11.2. The van der Waals surface area contributed by atoms with Gasteiger partial charge in [0.2, 0.25) is 0 Å². The molecule has 1 aromatic heterocycles. The third kappa shape index (κ3) is 4.48. The zero-order valence-corrected chi connectivity index (χ0v) is 12.1. The molecule has 7 heteroatoms. The maximum atomic E-state index is 11.2. The van der Waals surface area contributed by atoms with Gasteiger partial charge < -0.3 is 15.4 Å². The summed E-state index contributed by atoms with van der Waals surface area (Å²) in [4.78, 5) is 19.4. The Morgan fingerprint density at radius 1 is 1.33 bits per heavy atom. The first-order valence-corrected chi connectivity index (χ1v) is 6.62. The maximum Gasteiger partial charge on any atom is 0.307 e. The van der Waals surface area contributed by atoms with Crippen molar-refractivity contribution in [2.24, 2.45) is 0 Å². The van der Waals surface area contributed by atoms with Crippen molar-refractivity contribution in [3.05, 3.63) is 10.8 Å². The van der Waals surface area contributed by atoms with Crippen LogP contribution >= 0.6 is 15.9 Å². The molecule has 0 unspecified atom stereocenters. The highest BCUT2D eigenvalue weighted by atomic mass is 79.9. The molecule has 0 aliphatic rings. The Kier molecular flexibility index (Phi) is 6.42. The van der Waals surface area contributed by atoms with Gasteiger partial charge in [0.05, 0.1) is 13.0 Å². The second-order valence-electron chi connectivity index (χ2n) is 3.40. The van der Waals surface area contributed by atoms with Crippen molar-refractivity contribution < 1.29 is 9.53 Å². The molecular weight excluding hydrogens is 300 g/mol. The average Bonchev–Trinajstić information content (AvgIpc) is 2.34. The van der Waals surface area contributed by atoms with Gasteiger partial charge in [-0.25, -0.2) is 9.97 Å². The summed E-state index contributed by atoms with van der Waals surface area (Å²) in [6.45, 7) is 5.43. The van der Waals surface area contributed by atoms with Crippen LogP contribution in [0.2, 0.25) is 0 Å². The lowest BCUT2D eigenvalue weighted by molar-refractivity contribution is -0.142. The Balaban J connectivity index is 2.52. The Labute approximate surface area is 115 Å². The Morgan fingerprint density at radius 3 is 2.61 bits per heavy atom. The summed E-state index contributed by atoms with van der Waals surface area (Å²) >= 11 is 3.41. The molecule has 0 atom stereocenters. The van der Waals surface area contributed by atoms with Crippen molar-refractivity contribution >= 4 is 33.5 Å². The number of hydrogen-bond acceptors (Lipinski definition) is 6. The molecule has 6 nitrogen and oxygen atoms in total. The van der Waals surface area contributed by atoms with E-state index < -0.39 is 0 Å². The number of anilines is 2. The van der Waals surface area contributed by atoms with Gasteiger partial charge in [0, 0.05) is 13.1 Å². The van der Waals surface area contributed by atoms with E-state index in [4.69, 9.17) is 4.74 Å². The van der Waals surface area contributed by atoms with Crippen LogP contribution in [0.5, 0.6) is 0 Å². The Bertz CT molecular complexity index is 401. The molecule has 1 aromatic rings. The number of ether oxygens (including phenoxy) is 1. The first kappa shape index (κ1) is 14.7.